The molecule has 0 heterocycles. The quantitative estimate of drug-likeness (QED) is 0.173. The van der Waals surface area contributed by atoms with Crippen LogP contribution in [0.3, 0.4) is 0 Å². The van der Waals surface area contributed by atoms with Gasteiger partial charge in [0.1, 0.15) is 11.6 Å². The van der Waals surface area contributed by atoms with Gasteiger partial charge in [0.2, 0.25) is 0 Å². The summed E-state index contributed by atoms with van der Waals surface area (Å²) in [6.07, 6.45) is 0.837. The third kappa shape index (κ3) is 9.70. The Kier molecular flexibility index (Phi) is 13.9. The van der Waals surface area contributed by atoms with Crippen molar-refractivity contribution in [3.63, 3.8) is 0 Å². The Bertz CT molecular complexity index is 849. The number of nitrogens with zero attached hydrogens (tertiary/aromatic N) is 1. The van der Waals surface area contributed by atoms with Crippen LogP contribution >= 0.6 is 24.0 Å². The van der Waals surface area contributed by atoms with Gasteiger partial charge in [0.15, 0.2) is 5.96 Å². The molecule has 0 amide bonds. The average Bonchev–Trinajstić information content (AvgIpc) is 2.76. The molecule has 0 fully saturated rings. The summed E-state index contributed by atoms with van der Waals surface area (Å²) in [5, 5.41) is 6.60. The van der Waals surface area contributed by atoms with Gasteiger partial charge in [-0.05, 0) is 43.2 Å². The largest absolute Gasteiger partial charge is 0.493 e. The molecule has 0 aliphatic rings. The van der Waals surface area contributed by atoms with Crippen molar-refractivity contribution in [3.8, 4) is 5.75 Å². The average molecular weight is 559 g/mol. The standard InChI is InChI=1S/C24H34FN3O3.HI/c1-5-26-24(27-15-19-8-10-22(25)21(14-19)17-30-4)28-16-20-9-7-18(2)13-23(20)31-12-6-11-29-3;/h7-10,13-14H,5-6,11-12,15-17H2,1-4H3,(H2,26,27,28);1H. The van der Waals surface area contributed by atoms with E-state index in [0.717, 1.165) is 35.4 Å². The molecular formula is C24H35FIN3O3. The Morgan fingerprint density at radius 3 is 2.53 bits per heavy atom. The molecule has 178 valence electrons. The molecule has 0 bridgehead atoms. The van der Waals surface area contributed by atoms with Crippen LogP contribution in [0.15, 0.2) is 41.4 Å². The molecule has 0 radical (unpaired) electrons. The molecule has 6 nitrogen and oxygen atoms in total. The van der Waals surface area contributed by atoms with Gasteiger partial charge in [0.25, 0.3) is 0 Å². The van der Waals surface area contributed by atoms with Crippen molar-refractivity contribution in [1.29, 1.82) is 0 Å². The van der Waals surface area contributed by atoms with Gasteiger partial charge in [0.05, 0.1) is 19.8 Å². The van der Waals surface area contributed by atoms with E-state index in [2.05, 4.69) is 27.8 Å². The van der Waals surface area contributed by atoms with Gasteiger partial charge in [-0.1, -0.05) is 18.2 Å². The topological polar surface area (TPSA) is 64.1 Å². The summed E-state index contributed by atoms with van der Waals surface area (Å²) in [6.45, 7) is 7.32. The molecule has 0 atom stereocenters. The molecule has 0 aromatic heterocycles. The predicted molar refractivity (Wildman–Crippen MR) is 137 cm³/mol. The Morgan fingerprint density at radius 1 is 1.00 bits per heavy atom. The van der Waals surface area contributed by atoms with Gasteiger partial charge in [-0.25, -0.2) is 9.38 Å². The van der Waals surface area contributed by atoms with Gasteiger partial charge in [-0.2, -0.15) is 0 Å². The number of guanidine groups is 1. The van der Waals surface area contributed by atoms with Crippen LogP contribution in [0, 0.1) is 12.7 Å². The van der Waals surface area contributed by atoms with Gasteiger partial charge in [0, 0.05) is 51.5 Å². The minimum Gasteiger partial charge on any atom is -0.493 e. The van der Waals surface area contributed by atoms with Crippen LogP contribution in [0.4, 0.5) is 4.39 Å². The fourth-order valence-electron chi connectivity index (χ4n) is 3.01. The summed E-state index contributed by atoms with van der Waals surface area (Å²) in [7, 11) is 3.24. The molecule has 32 heavy (non-hydrogen) atoms. The van der Waals surface area contributed by atoms with E-state index in [0.29, 0.717) is 37.8 Å². The zero-order valence-electron chi connectivity index (χ0n) is 19.4. The number of nitrogens with one attached hydrogen (secondary N) is 2. The van der Waals surface area contributed by atoms with Crippen molar-refractivity contribution in [2.45, 2.75) is 40.0 Å². The molecule has 8 heteroatoms. The second kappa shape index (κ2) is 15.8. The zero-order chi connectivity index (χ0) is 22.5. The number of hydrogen-bond acceptors (Lipinski definition) is 4. The van der Waals surface area contributed by atoms with Crippen LogP contribution in [0.5, 0.6) is 5.75 Å². The second-order valence-corrected chi connectivity index (χ2v) is 7.21. The first-order valence-electron chi connectivity index (χ1n) is 10.6. The summed E-state index contributed by atoms with van der Waals surface area (Å²) >= 11 is 0. The minimum absolute atomic E-state index is 0. The van der Waals surface area contributed by atoms with Crippen LogP contribution in [-0.2, 0) is 29.2 Å². The summed E-state index contributed by atoms with van der Waals surface area (Å²) < 4.78 is 29.9. The molecule has 0 saturated heterocycles. The van der Waals surface area contributed by atoms with E-state index < -0.39 is 0 Å². The smallest absolute Gasteiger partial charge is 0.191 e. The van der Waals surface area contributed by atoms with Gasteiger partial charge < -0.3 is 24.8 Å². The lowest BCUT2D eigenvalue weighted by Gasteiger charge is -2.15. The van der Waals surface area contributed by atoms with E-state index in [1.54, 1.807) is 26.4 Å². The molecule has 0 unspecified atom stereocenters. The lowest BCUT2D eigenvalue weighted by Crippen LogP contribution is -2.36. The van der Waals surface area contributed by atoms with E-state index in [9.17, 15) is 4.39 Å². The highest BCUT2D eigenvalue weighted by Crippen LogP contribution is 2.20. The number of benzene rings is 2. The van der Waals surface area contributed by atoms with E-state index in [1.807, 2.05) is 19.9 Å². The Hall–Kier alpha value is -1.91. The Balaban J connectivity index is 0.00000512. The summed E-state index contributed by atoms with van der Waals surface area (Å²) in [6, 6.07) is 11.2. The number of aliphatic imine (C=N–C) groups is 1. The molecule has 2 N–H and O–H groups in total. The first kappa shape index (κ1) is 28.1. The SMILES string of the molecule is CCNC(=NCc1ccc(F)c(COC)c1)NCc1ccc(C)cc1OCCCOC.I. The Morgan fingerprint density at radius 2 is 1.81 bits per heavy atom. The van der Waals surface area contributed by atoms with Crippen molar-refractivity contribution < 1.29 is 18.6 Å². The van der Waals surface area contributed by atoms with Crippen LogP contribution in [0.1, 0.15) is 35.6 Å². The van der Waals surface area contributed by atoms with Gasteiger partial charge in [-0.15, -0.1) is 24.0 Å². The van der Waals surface area contributed by atoms with E-state index in [-0.39, 0.29) is 36.4 Å². The predicted octanol–water partition coefficient (Wildman–Crippen LogP) is 4.57. The number of aryl methyl sites for hydroxylation is 1. The van der Waals surface area contributed by atoms with Crippen LogP contribution in [-0.4, -0.2) is 39.9 Å². The summed E-state index contributed by atoms with van der Waals surface area (Å²) in [4.78, 5) is 4.64. The fraction of sp³-hybridized carbons (Fsp3) is 0.458. The molecule has 0 aliphatic heterocycles. The normalized spacial score (nSPS) is 11.1. The van der Waals surface area contributed by atoms with Crippen molar-refractivity contribution in [3.05, 3.63) is 64.5 Å². The molecule has 0 aliphatic carbocycles. The number of hydrogen-bond donors (Lipinski definition) is 2. The molecular weight excluding hydrogens is 524 g/mol. The number of rotatable bonds is 12. The van der Waals surface area contributed by atoms with Crippen LogP contribution in [0.25, 0.3) is 0 Å². The third-order valence-electron chi connectivity index (χ3n) is 4.59. The maximum atomic E-state index is 13.8. The maximum Gasteiger partial charge on any atom is 0.191 e. The van der Waals surface area contributed by atoms with Gasteiger partial charge >= 0.3 is 0 Å². The summed E-state index contributed by atoms with van der Waals surface area (Å²) in [5.74, 6) is 1.28. The third-order valence-corrected chi connectivity index (χ3v) is 4.59. The molecule has 2 aromatic carbocycles. The highest BCUT2D eigenvalue weighted by atomic mass is 127. The Labute approximate surface area is 208 Å². The highest BCUT2D eigenvalue weighted by Gasteiger charge is 2.07. The van der Waals surface area contributed by atoms with Crippen molar-refractivity contribution >= 4 is 29.9 Å². The minimum atomic E-state index is -0.267. The van der Waals surface area contributed by atoms with E-state index in [1.165, 1.54) is 6.07 Å². The fourth-order valence-corrected chi connectivity index (χ4v) is 3.01. The zero-order valence-corrected chi connectivity index (χ0v) is 21.7. The number of methoxy groups -OCH3 is 2. The van der Waals surface area contributed by atoms with E-state index >= 15 is 0 Å². The summed E-state index contributed by atoms with van der Waals surface area (Å²) in [5.41, 5.74) is 3.65. The maximum absolute atomic E-state index is 13.8. The van der Waals surface area contributed by atoms with Crippen LogP contribution < -0.4 is 15.4 Å². The van der Waals surface area contributed by atoms with Gasteiger partial charge in [-0.3, -0.25) is 0 Å². The number of halogens is 2. The van der Waals surface area contributed by atoms with Crippen molar-refractivity contribution in [2.24, 2.45) is 4.99 Å². The molecule has 0 spiro atoms. The molecule has 2 rings (SSSR count). The van der Waals surface area contributed by atoms with Crippen molar-refractivity contribution in [2.75, 3.05) is 34.0 Å². The monoisotopic (exact) mass is 559 g/mol. The second-order valence-electron chi connectivity index (χ2n) is 7.21. The van der Waals surface area contributed by atoms with E-state index in [4.69, 9.17) is 14.2 Å². The lowest BCUT2D eigenvalue weighted by atomic mass is 10.1. The highest BCUT2D eigenvalue weighted by molar-refractivity contribution is 14.0. The lowest BCUT2D eigenvalue weighted by molar-refractivity contribution is 0.171. The van der Waals surface area contributed by atoms with Crippen LogP contribution in [0.2, 0.25) is 0 Å². The first-order valence-corrected chi connectivity index (χ1v) is 10.6. The van der Waals surface area contributed by atoms with Crippen molar-refractivity contribution in [1.82, 2.24) is 10.6 Å². The molecule has 2 aromatic rings. The number of ether oxygens (including phenoxy) is 3. The molecule has 0 saturated carbocycles. The first-order chi connectivity index (χ1) is 15.1.